The van der Waals surface area contributed by atoms with E-state index in [-0.39, 0.29) is 45.5 Å². The number of hydrogen-bond donors (Lipinski definition) is 4. The number of esters is 6. The first-order valence-corrected chi connectivity index (χ1v) is 17.3. The van der Waals surface area contributed by atoms with Crippen molar-refractivity contribution in [3.8, 4) is 0 Å². The third-order valence-electron chi connectivity index (χ3n) is 7.36. The number of nitrogens with zero attached hydrogens (tertiary/aromatic N) is 1. The third-order valence-corrected chi connectivity index (χ3v) is 7.36. The molecule has 0 radical (unpaired) electrons. The molecule has 2 atom stereocenters. The Kier molecular flexibility index (Phi) is 23.9. The van der Waals surface area contributed by atoms with Gasteiger partial charge in [-0.3, -0.25) is 29.2 Å². The molecule has 1 aliphatic rings. The maximum absolute atomic E-state index is 11.8. The molecule has 4 N–H and O–H groups in total. The van der Waals surface area contributed by atoms with E-state index in [1.54, 1.807) is 36.4 Å². The fraction of sp³-hybridized carbons (Fsp3) is 0.405. The number of carbonyl (C=O) groups excluding carboxylic acids is 10. The lowest BCUT2D eigenvalue weighted by atomic mass is 10.0. The summed E-state index contributed by atoms with van der Waals surface area (Å²) >= 11 is 0. The second-order valence-corrected chi connectivity index (χ2v) is 11.7. The minimum atomic E-state index is -1.34. The number of carbonyl (C=O) groups is 9. The first kappa shape index (κ1) is 51.7. The topological polar surface area (TPSA) is 322 Å². The number of isocyanates is 1. The average Bonchev–Trinajstić information content (AvgIpc) is 3.49. The maximum Gasteiger partial charge on any atom is 0.407 e. The Balaban J connectivity index is 0.000000468. The van der Waals surface area contributed by atoms with Crippen LogP contribution in [0.5, 0.6) is 0 Å². The molecule has 332 valence electrons. The molecular formula is C37H44N4O20. The maximum atomic E-state index is 11.8. The SMILES string of the molecule is COC(=O)Cc1cc(CC(=O)OC)cc(N=C=O)c1.COC(=O)Cc1cc(CC(=O)OC)cc(NC(=O)COCCOO)c1.COC(=O)NC1C(=O)OC(=O)C1NC(=O)OC. The summed E-state index contributed by atoms with van der Waals surface area (Å²) in [7, 11) is 7.28. The molecule has 0 aliphatic carbocycles. The molecule has 2 aromatic carbocycles. The van der Waals surface area contributed by atoms with Crippen molar-refractivity contribution in [1.29, 1.82) is 0 Å². The van der Waals surface area contributed by atoms with E-state index in [0.717, 1.165) is 14.2 Å². The standard InChI is InChI=1S/C16H21NO8.C13H13NO5.C8H10N2O7/c1-22-15(19)8-11-5-12(9-16(20)23-2)7-13(6-11)17-14(18)10-24-3-4-25-21;1-18-12(16)6-9-3-10(7-13(17)19-2)5-11(4-9)14-8-15;1-15-7(13)9-3-4(10-8(14)16-2)6(12)17-5(3)11/h5-7,21H,3-4,8-10H2,1-2H3,(H,17,18);3-5H,6-7H2,1-2H3;3-4H,1-2H3,(H,9,13)(H,10,14). The number of cyclic esters (lactones) is 2. The number of amides is 3. The van der Waals surface area contributed by atoms with Crippen molar-refractivity contribution in [3.05, 3.63) is 58.7 Å². The number of ether oxygens (including phenoxy) is 8. The van der Waals surface area contributed by atoms with Crippen molar-refractivity contribution in [2.45, 2.75) is 37.8 Å². The Labute approximate surface area is 347 Å². The molecule has 2 aromatic rings. The van der Waals surface area contributed by atoms with Crippen LogP contribution in [-0.2, 0) is 107 Å². The second-order valence-electron chi connectivity index (χ2n) is 11.7. The number of aliphatic imine (C=N–C) groups is 1. The van der Waals surface area contributed by atoms with Gasteiger partial charge in [-0.25, -0.2) is 28.9 Å². The van der Waals surface area contributed by atoms with Gasteiger partial charge in [-0.2, -0.15) is 4.99 Å². The number of anilines is 1. The molecule has 0 aromatic heterocycles. The van der Waals surface area contributed by atoms with Gasteiger partial charge in [-0.15, -0.1) is 0 Å². The minimum Gasteiger partial charge on any atom is -0.469 e. The summed E-state index contributed by atoms with van der Waals surface area (Å²) in [6.07, 6.45) is -0.382. The molecular weight excluding hydrogens is 820 g/mol. The molecule has 24 nitrogen and oxygen atoms in total. The van der Waals surface area contributed by atoms with Gasteiger partial charge in [0.1, 0.15) is 13.2 Å². The van der Waals surface area contributed by atoms with Gasteiger partial charge in [-0.1, -0.05) is 12.1 Å². The van der Waals surface area contributed by atoms with Gasteiger partial charge in [-0.05, 0) is 46.5 Å². The van der Waals surface area contributed by atoms with Crippen LogP contribution in [0.1, 0.15) is 22.3 Å². The van der Waals surface area contributed by atoms with Crippen LogP contribution in [0.25, 0.3) is 0 Å². The number of nitrogens with one attached hydrogen (secondary N) is 3. The fourth-order valence-electron chi connectivity index (χ4n) is 4.67. The van der Waals surface area contributed by atoms with E-state index < -0.39 is 66.0 Å². The van der Waals surface area contributed by atoms with Gasteiger partial charge < -0.3 is 53.8 Å². The van der Waals surface area contributed by atoms with Gasteiger partial charge in [0, 0.05) is 5.69 Å². The molecule has 0 bridgehead atoms. The summed E-state index contributed by atoms with van der Waals surface area (Å²) in [5, 5.41) is 14.9. The number of alkyl carbamates (subject to hydrolysis) is 2. The monoisotopic (exact) mass is 864 g/mol. The van der Waals surface area contributed by atoms with Gasteiger partial charge in [0.15, 0.2) is 12.1 Å². The van der Waals surface area contributed by atoms with Crippen LogP contribution in [0.4, 0.5) is 21.0 Å². The van der Waals surface area contributed by atoms with E-state index in [1.807, 2.05) is 0 Å². The van der Waals surface area contributed by atoms with E-state index in [0.29, 0.717) is 33.6 Å². The average molecular weight is 865 g/mol. The van der Waals surface area contributed by atoms with Crippen LogP contribution < -0.4 is 16.0 Å². The normalized spacial score (nSPS) is 13.4. The summed E-state index contributed by atoms with van der Waals surface area (Å²) in [6, 6.07) is 6.98. The van der Waals surface area contributed by atoms with Crippen molar-refractivity contribution in [3.63, 3.8) is 0 Å². The summed E-state index contributed by atoms with van der Waals surface area (Å²) in [6.45, 7) is -0.234. The van der Waals surface area contributed by atoms with E-state index in [4.69, 9.17) is 9.99 Å². The number of hydrogen-bond acceptors (Lipinski definition) is 21. The number of rotatable bonds is 17. The van der Waals surface area contributed by atoms with E-state index >= 15 is 0 Å². The molecule has 24 heteroatoms. The predicted octanol–water partition coefficient (Wildman–Crippen LogP) is 0.166. The highest BCUT2D eigenvalue weighted by atomic mass is 17.1. The predicted molar refractivity (Wildman–Crippen MR) is 201 cm³/mol. The molecule has 1 fully saturated rings. The summed E-state index contributed by atoms with van der Waals surface area (Å²) < 4.78 is 36.1. The van der Waals surface area contributed by atoms with E-state index in [9.17, 15) is 47.9 Å². The third kappa shape index (κ3) is 20.3. The molecule has 61 heavy (non-hydrogen) atoms. The Hall–Kier alpha value is -7.27. The van der Waals surface area contributed by atoms with Crippen LogP contribution in [0, 0.1) is 0 Å². The summed E-state index contributed by atoms with van der Waals surface area (Å²) in [5.74, 6) is -4.13. The van der Waals surface area contributed by atoms with E-state index in [2.05, 4.69) is 59.0 Å². The van der Waals surface area contributed by atoms with Crippen molar-refractivity contribution in [2.24, 2.45) is 4.99 Å². The lowest BCUT2D eigenvalue weighted by molar-refractivity contribution is -0.248. The molecule has 3 amide bonds. The molecule has 1 aliphatic heterocycles. The Morgan fingerprint density at radius 3 is 1.36 bits per heavy atom. The molecule has 2 unspecified atom stereocenters. The minimum absolute atomic E-state index is 0.00127. The lowest BCUT2D eigenvalue weighted by Gasteiger charge is -2.14. The Morgan fingerprint density at radius 2 is 1.02 bits per heavy atom. The van der Waals surface area contributed by atoms with Crippen LogP contribution in [0.3, 0.4) is 0 Å². The molecule has 3 rings (SSSR count). The molecule has 1 heterocycles. The van der Waals surface area contributed by atoms with Gasteiger partial charge >= 0.3 is 48.0 Å². The molecule has 0 saturated carbocycles. The lowest BCUT2D eigenvalue weighted by Crippen LogP contribution is -2.53. The Morgan fingerprint density at radius 1 is 0.623 bits per heavy atom. The van der Waals surface area contributed by atoms with Crippen molar-refractivity contribution in [1.82, 2.24) is 10.6 Å². The first-order chi connectivity index (χ1) is 29.0. The summed E-state index contributed by atoms with van der Waals surface area (Å²) in [4.78, 5) is 119. The molecule has 0 spiro atoms. The number of benzene rings is 2. The zero-order chi connectivity index (χ0) is 45.9. The van der Waals surface area contributed by atoms with Gasteiger partial charge in [0.2, 0.25) is 12.0 Å². The van der Waals surface area contributed by atoms with Gasteiger partial charge in [0.25, 0.3) is 0 Å². The smallest absolute Gasteiger partial charge is 0.407 e. The van der Waals surface area contributed by atoms with Crippen molar-refractivity contribution < 1.29 is 96.0 Å². The highest BCUT2D eigenvalue weighted by Crippen LogP contribution is 2.20. The first-order valence-electron chi connectivity index (χ1n) is 17.3. The van der Waals surface area contributed by atoms with Crippen molar-refractivity contribution in [2.75, 3.05) is 67.8 Å². The number of methoxy groups -OCH3 is 6. The highest BCUT2D eigenvalue weighted by Gasteiger charge is 2.46. The van der Waals surface area contributed by atoms with Crippen LogP contribution in [0.2, 0.25) is 0 Å². The Bertz CT molecular complexity index is 1820. The van der Waals surface area contributed by atoms with Crippen molar-refractivity contribution >= 4 is 71.4 Å². The van der Waals surface area contributed by atoms with Crippen LogP contribution in [-0.4, -0.2) is 140 Å². The summed E-state index contributed by atoms with van der Waals surface area (Å²) in [5.41, 5.74) is 3.10. The van der Waals surface area contributed by atoms with Gasteiger partial charge in [0.05, 0.1) is 80.6 Å². The zero-order valence-corrected chi connectivity index (χ0v) is 33.7. The van der Waals surface area contributed by atoms with Crippen LogP contribution in [0.15, 0.2) is 41.4 Å². The highest BCUT2D eigenvalue weighted by molar-refractivity contribution is 6.03. The zero-order valence-electron chi connectivity index (χ0n) is 33.7. The largest absolute Gasteiger partial charge is 0.469 e. The van der Waals surface area contributed by atoms with E-state index in [1.165, 1.54) is 34.5 Å². The quantitative estimate of drug-likeness (QED) is 0.0241. The second kappa shape index (κ2) is 28.2. The fourth-order valence-corrected chi connectivity index (χ4v) is 4.67. The van der Waals surface area contributed by atoms with Crippen LogP contribution >= 0.6 is 0 Å². The molecule has 1 saturated heterocycles.